The lowest BCUT2D eigenvalue weighted by Gasteiger charge is -2.20. The Hall–Kier alpha value is -1.84. The van der Waals surface area contributed by atoms with Crippen LogP contribution in [-0.2, 0) is 16.0 Å². The van der Waals surface area contributed by atoms with E-state index in [0.29, 0.717) is 25.5 Å². The Labute approximate surface area is 161 Å². The number of nitrogens with zero attached hydrogens (tertiary/aromatic N) is 1. The van der Waals surface area contributed by atoms with Crippen molar-refractivity contribution in [2.24, 2.45) is 0 Å². The molecular weight excluding hydrogens is 346 g/mol. The van der Waals surface area contributed by atoms with Crippen LogP contribution in [0, 0.1) is 0 Å². The van der Waals surface area contributed by atoms with Crippen molar-refractivity contribution in [3.63, 3.8) is 0 Å². The van der Waals surface area contributed by atoms with Gasteiger partial charge in [0.15, 0.2) is 0 Å². The minimum atomic E-state index is -0.181. The van der Waals surface area contributed by atoms with E-state index in [9.17, 15) is 4.79 Å². The minimum absolute atomic E-state index is 0.181. The van der Waals surface area contributed by atoms with E-state index in [0.717, 1.165) is 18.5 Å². The van der Waals surface area contributed by atoms with Crippen LogP contribution in [-0.4, -0.2) is 43.5 Å². The number of ether oxygens (including phenoxy) is 1. The molecular formula is C22H28ClNO2. The Morgan fingerprint density at radius 1 is 1.08 bits per heavy atom. The largest absolute Gasteiger partial charge is 0.464 e. The molecule has 0 heterocycles. The molecule has 0 aromatic heterocycles. The lowest BCUT2D eigenvalue weighted by atomic mass is 9.85. The Bertz CT molecular complexity index is 675. The van der Waals surface area contributed by atoms with Gasteiger partial charge in [-0.1, -0.05) is 61.5 Å². The number of esters is 1. The van der Waals surface area contributed by atoms with Gasteiger partial charge in [0.25, 0.3) is 0 Å². The number of hydrogen-bond donors (Lipinski definition) is 0. The van der Waals surface area contributed by atoms with E-state index in [2.05, 4.69) is 42.2 Å². The predicted octanol–water partition coefficient (Wildman–Crippen LogP) is 4.48. The number of alkyl halides is 1. The summed E-state index contributed by atoms with van der Waals surface area (Å²) in [5.74, 6) is 0.685. The molecule has 0 amide bonds. The highest BCUT2D eigenvalue weighted by atomic mass is 35.5. The van der Waals surface area contributed by atoms with E-state index < -0.39 is 0 Å². The van der Waals surface area contributed by atoms with Gasteiger partial charge < -0.3 is 9.64 Å². The van der Waals surface area contributed by atoms with Crippen molar-refractivity contribution in [3.05, 3.63) is 71.3 Å². The molecule has 1 unspecified atom stereocenters. The first-order valence-corrected chi connectivity index (χ1v) is 9.72. The van der Waals surface area contributed by atoms with Crippen molar-refractivity contribution in [2.75, 3.05) is 32.6 Å². The van der Waals surface area contributed by atoms with Crippen LogP contribution in [0.15, 0.2) is 54.6 Å². The molecule has 1 atom stereocenters. The van der Waals surface area contributed by atoms with Crippen LogP contribution in [0.1, 0.15) is 36.0 Å². The Morgan fingerprint density at radius 3 is 2.46 bits per heavy atom. The van der Waals surface area contributed by atoms with Crippen molar-refractivity contribution in [3.8, 4) is 0 Å². The smallest absolute Gasteiger partial charge is 0.310 e. The van der Waals surface area contributed by atoms with Crippen LogP contribution in [0.3, 0.4) is 0 Å². The zero-order chi connectivity index (χ0) is 18.8. The lowest BCUT2D eigenvalue weighted by Crippen LogP contribution is -2.26. The van der Waals surface area contributed by atoms with Gasteiger partial charge in [-0.05, 0) is 30.2 Å². The molecule has 0 fully saturated rings. The average Bonchev–Trinajstić information content (AvgIpc) is 2.65. The molecule has 0 aliphatic heterocycles. The second-order valence-corrected chi connectivity index (χ2v) is 6.84. The lowest BCUT2D eigenvalue weighted by molar-refractivity contribution is -0.143. The van der Waals surface area contributed by atoms with E-state index in [4.69, 9.17) is 16.3 Å². The fourth-order valence-corrected chi connectivity index (χ4v) is 3.42. The molecule has 0 radical (unpaired) electrons. The van der Waals surface area contributed by atoms with Gasteiger partial charge >= 0.3 is 5.97 Å². The second kappa shape index (κ2) is 11.0. The van der Waals surface area contributed by atoms with Gasteiger partial charge in [0, 0.05) is 24.9 Å². The van der Waals surface area contributed by atoms with E-state index in [1.165, 1.54) is 11.1 Å². The van der Waals surface area contributed by atoms with Crippen LogP contribution in [0.25, 0.3) is 0 Å². The zero-order valence-corrected chi connectivity index (χ0v) is 16.4. The first-order chi connectivity index (χ1) is 12.7. The quantitative estimate of drug-likeness (QED) is 0.454. The van der Waals surface area contributed by atoms with Gasteiger partial charge in [0.05, 0.1) is 6.42 Å². The maximum absolute atomic E-state index is 12.3. The van der Waals surface area contributed by atoms with Crippen LogP contribution in [0.5, 0.6) is 0 Å². The van der Waals surface area contributed by atoms with E-state index >= 15 is 0 Å². The molecule has 26 heavy (non-hydrogen) atoms. The molecule has 0 spiro atoms. The van der Waals surface area contributed by atoms with Gasteiger partial charge in [-0.15, -0.1) is 11.6 Å². The highest BCUT2D eigenvalue weighted by molar-refractivity contribution is 6.18. The zero-order valence-electron chi connectivity index (χ0n) is 15.7. The summed E-state index contributed by atoms with van der Waals surface area (Å²) in [4.78, 5) is 14.3. The molecule has 140 valence electrons. The summed E-state index contributed by atoms with van der Waals surface area (Å²) in [5.41, 5.74) is 3.53. The van der Waals surface area contributed by atoms with Crippen molar-refractivity contribution in [1.29, 1.82) is 0 Å². The first-order valence-electron chi connectivity index (χ1n) is 9.18. The average molecular weight is 374 g/mol. The predicted molar refractivity (Wildman–Crippen MR) is 108 cm³/mol. The van der Waals surface area contributed by atoms with Gasteiger partial charge in [0.1, 0.15) is 6.61 Å². The molecule has 0 N–H and O–H groups in total. The van der Waals surface area contributed by atoms with Crippen LogP contribution in [0.2, 0.25) is 0 Å². The maximum Gasteiger partial charge on any atom is 0.310 e. The van der Waals surface area contributed by atoms with E-state index in [1.807, 2.05) is 31.3 Å². The summed E-state index contributed by atoms with van der Waals surface area (Å²) in [6.45, 7) is 4.06. The van der Waals surface area contributed by atoms with E-state index in [-0.39, 0.29) is 11.9 Å². The fraction of sp³-hybridized carbons (Fsp3) is 0.409. The molecule has 4 heteroatoms. The van der Waals surface area contributed by atoms with Crippen LogP contribution in [0.4, 0.5) is 0 Å². The summed E-state index contributed by atoms with van der Waals surface area (Å²) < 4.78 is 5.41. The van der Waals surface area contributed by atoms with Gasteiger partial charge in [-0.3, -0.25) is 4.79 Å². The summed E-state index contributed by atoms with van der Waals surface area (Å²) >= 11 is 5.71. The fourth-order valence-electron chi connectivity index (χ4n) is 3.13. The molecule has 0 aliphatic rings. The number of likely N-dealkylation sites (N-methyl/N-ethyl adjacent to an activating group) is 1. The van der Waals surface area contributed by atoms with E-state index in [1.54, 1.807) is 0 Å². The second-order valence-electron chi connectivity index (χ2n) is 6.46. The highest BCUT2D eigenvalue weighted by Gasteiger charge is 2.17. The third-order valence-corrected chi connectivity index (χ3v) is 4.75. The molecule has 0 saturated heterocycles. The number of hydrogen-bond acceptors (Lipinski definition) is 3. The van der Waals surface area contributed by atoms with Crippen molar-refractivity contribution in [2.45, 2.75) is 25.7 Å². The van der Waals surface area contributed by atoms with Crippen LogP contribution < -0.4 is 0 Å². The first kappa shape index (κ1) is 20.5. The Balaban J connectivity index is 2.03. The molecule has 3 nitrogen and oxygen atoms in total. The number of rotatable bonds is 10. The molecule has 2 rings (SSSR count). The van der Waals surface area contributed by atoms with Gasteiger partial charge in [-0.2, -0.15) is 0 Å². The molecule has 2 aromatic rings. The number of benzene rings is 2. The number of carbonyl (C=O) groups excluding carboxylic acids is 1. The summed E-state index contributed by atoms with van der Waals surface area (Å²) in [5, 5.41) is 0. The standard InChI is InChI=1S/C22H28ClNO2/c1-3-20(18-9-5-4-6-10-18)21-12-8-7-11-19(21)17-22(25)26-16-15-24(2)14-13-23/h4-12,20H,3,13-17H2,1-2H3. The monoisotopic (exact) mass is 373 g/mol. The third kappa shape index (κ3) is 6.15. The molecule has 2 aromatic carbocycles. The minimum Gasteiger partial charge on any atom is -0.464 e. The topological polar surface area (TPSA) is 29.5 Å². The summed E-state index contributed by atoms with van der Waals surface area (Å²) in [6.07, 6.45) is 1.29. The number of carbonyl (C=O) groups is 1. The maximum atomic E-state index is 12.3. The van der Waals surface area contributed by atoms with Crippen molar-refractivity contribution < 1.29 is 9.53 Å². The Kier molecular flexibility index (Phi) is 8.66. The molecule has 0 aliphatic carbocycles. The van der Waals surface area contributed by atoms with Crippen LogP contribution >= 0.6 is 11.6 Å². The normalized spacial score (nSPS) is 12.2. The van der Waals surface area contributed by atoms with Crippen molar-refractivity contribution >= 4 is 17.6 Å². The number of halogens is 1. The van der Waals surface area contributed by atoms with Gasteiger partial charge in [0.2, 0.25) is 0 Å². The molecule has 0 saturated carbocycles. The summed E-state index contributed by atoms with van der Waals surface area (Å²) in [7, 11) is 1.97. The van der Waals surface area contributed by atoms with Gasteiger partial charge in [-0.25, -0.2) is 0 Å². The Morgan fingerprint density at radius 2 is 1.77 bits per heavy atom. The SMILES string of the molecule is CCC(c1ccccc1)c1ccccc1CC(=O)OCCN(C)CCCl. The van der Waals surface area contributed by atoms with Crippen molar-refractivity contribution in [1.82, 2.24) is 4.90 Å². The summed E-state index contributed by atoms with van der Waals surface area (Å²) in [6, 6.07) is 18.6. The molecule has 0 bridgehead atoms. The highest BCUT2D eigenvalue weighted by Crippen LogP contribution is 2.30. The third-order valence-electron chi connectivity index (χ3n) is 4.58.